The van der Waals surface area contributed by atoms with E-state index < -0.39 is 29.0 Å². The third-order valence-corrected chi connectivity index (χ3v) is 5.27. The van der Waals surface area contributed by atoms with Gasteiger partial charge in [0.1, 0.15) is 28.6 Å². The summed E-state index contributed by atoms with van der Waals surface area (Å²) in [5.74, 6) is -1.87. The van der Waals surface area contributed by atoms with Crippen LogP contribution in [0.3, 0.4) is 0 Å². The normalized spacial score (nSPS) is 18.8. The molecule has 2 aromatic rings. The highest BCUT2D eigenvalue weighted by atomic mass is 19.4. The van der Waals surface area contributed by atoms with Crippen molar-refractivity contribution in [3.8, 4) is 11.6 Å². The number of alkyl halides is 3. The predicted octanol–water partition coefficient (Wildman–Crippen LogP) is 5.26. The fourth-order valence-corrected chi connectivity index (χ4v) is 3.81. The number of hydrogen-bond donors (Lipinski definition) is 0. The Hall–Kier alpha value is -2.74. The van der Waals surface area contributed by atoms with E-state index in [9.17, 15) is 22.8 Å². The number of hydrogen-bond acceptors (Lipinski definition) is 5. The smallest absolute Gasteiger partial charge is 0.433 e. The Bertz CT molecular complexity index is 1000. The highest BCUT2D eigenvalue weighted by molar-refractivity contribution is 6.15. The number of ketones is 2. The number of aryl methyl sites for hydroxylation is 1. The van der Waals surface area contributed by atoms with Crippen LogP contribution in [0.5, 0.6) is 11.6 Å². The van der Waals surface area contributed by atoms with Crippen molar-refractivity contribution in [2.24, 2.45) is 0 Å². The maximum Gasteiger partial charge on any atom is 0.433 e. The van der Waals surface area contributed by atoms with Crippen LogP contribution >= 0.6 is 0 Å². The maximum atomic E-state index is 13.1. The first-order valence-corrected chi connectivity index (χ1v) is 9.90. The van der Waals surface area contributed by atoms with Gasteiger partial charge in [0, 0.05) is 6.07 Å². The summed E-state index contributed by atoms with van der Waals surface area (Å²) in [4.78, 5) is 29.7. The molecule has 0 amide bonds. The number of Topliss-reactive ketones (excluding diaryl/α,β-unsaturated/α-hetero) is 2. The van der Waals surface area contributed by atoms with Crippen LogP contribution < -0.4 is 4.74 Å². The van der Waals surface area contributed by atoms with Gasteiger partial charge in [-0.1, -0.05) is 19.1 Å². The van der Waals surface area contributed by atoms with E-state index in [1.165, 1.54) is 18.2 Å². The first-order chi connectivity index (χ1) is 14.3. The standard InChI is InChI=1S/C23H24F3NO4/c1-6-13-10-11-14(30-17-9-7-8-16(27-17)23(24,25)26)12-15(13)18-19(28)21(2,3)31-22(4,5)20(18)29/h7-12,18H,6H2,1-5H3. The molecule has 0 unspecified atom stereocenters. The highest BCUT2D eigenvalue weighted by Gasteiger charge is 2.53. The van der Waals surface area contributed by atoms with Gasteiger partial charge in [-0.05, 0) is 63.4 Å². The van der Waals surface area contributed by atoms with Gasteiger partial charge in [0.05, 0.1) is 0 Å². The van der Waals surface area contributed by atoms with Crippen LogP contribution in [0.15, 0.2) is 36.4 Å². The van der Waals surface area contributed by atoms with Crippen molar-refractivity contribution < 1.29 is 32.2 Å². The lowest BCUT2D eigenvalue weighted by molar-refractivity contribution is -0.184. The van der Waals surface area contributed by atoms with E-state index in [2.05, 4.69) is 4.98 Å². The van der Waals surface area contributed by atoms with Gasteiger partial charge in [0.15, 0.2) is 11.6 Å². The third-order valence-electron chi connectivity index (χ3n) is 5.27. The lowest BCUT2D eigenvalue weighted by Crippen LogP contribution is -2.58. The first kappa shape index (κ1) is 22.9. The number of pyridine rings is 1. The molecule has 1 aliphatic rings. The zero-order valence-corrected chi connectivity index (χ0v) is 18.0. The van der Waals surface area contributed by atoms with Crippen LogP contribution in [0.1, 0.15) is 57.4 Å². The lowest BCUT2D eigenvalue weighted by Gasteiger charge is -2.43. The molecule has 8 heteroatoms. The minimum absolute atomic E-state index is 0.182. The molecule has 0 N–H and O–H groups in total. The SMILES string of the molecule is CCc1ccc(Oc2cccc(C(F)(F)F)n2)cc1C1C(=O)C(C)(C)OC(C)(C)C1=O. The largest absolute Gasteiger partial charge is 0.439 e. The topological polar surface area (TPSA) is 65.5 Å². The summed E-state index contributed by atoms with van der Waals surface area (Å²) in [7, 11) is 0. The van der Waals surface area contributed by atoms with Crippen LogP contribution in [0.4, 0.5) is 13.2 Å². The molecule has 5 nitrogen and oxygen atoms in total. The molecule has 166 valence electrons. The molecular formula is C23H24F3NO4. The number of carbonyl (C=O) groups excluding carboxylic acids is 2. The minimum atomic E-state index is -4.60. The Morgan fingerprint density at radius 2 is 1.65 bits per heavy atom. The average molecular weight is 435 g/mol. The minimum Gasteiger partial charge on any atom is -0.439 e. The Morgan fingerprint density at radius 3 is 2.19 bits per heavy atom. The number of aromatic nitrogens is 1. The summed E-state index contributed by atoms with van der Waals surface area (Å²) < 4.78 is 50.1. The Labute approximate surface area is 178 Å². The van der Waals surface area contributed by atoms with Crippen molar-refractivity contribution >= 4 is 11.6 Å². The van der Waals surface area contributed by atoms with Gasteiger partial charge < -0.3 is 9.47 Å². The van der Waals surface area contributed by atoms with E-state index in [-0.39, 0.29) is 23.2 Å². The van der Waals surface area contributed by atoms with E-state index in [1.807, 2.05) is 6.92 Å². The maximum absolute atomic E-state index is 13.1. The van der Waals surface area contributed by atoms with Crippen LogP contribution in [-0.4, -0.2) is 27.8 Å². The molecule has 3 rings (SSSR count). The van der Waals surface area contributed by atoms with Gasteiger partial charge in [-0.15, -0.1) is 0 Å². The first-order valence-electron chi connectivity index (χ1n) is 9.90. The van der Waals surface area contributed by atoms with Gasteiger partial charge in [0.25, 0.3) is 0 Å². The molecule has 0 spiro atoms. The molecule has 1 aromatic carbocycles. The molecule has 0 radical (unpaired) electrons. The van der Waals surface area contributed by atoms with E-state index >= 15 is 0 Å². The number of rotatable bonds is 4. The summed E-state index contributed by atoms with van der Waals surface area (Å²) in [5, 5.41) is 0. The van der Waals surface area contributed by atoms with E-state index in [1.54, 1.807) is 39.8 Å². The van der Waals surface area contributed by atoms with Crippen LogP contribution in [0, 0.1) is 0 Å². The van der Waals surface area contributed by atoms with Gasteiger partial charge in [0.2, 0.25) is 5.88 Å². The van der Waals surface area contributed by atoms with E-state index in [0.29, 0.717) is 12.0 Å². The predicted molar refractivity (Wildman–Crippen MR) is 107 cm³/mol. The van der Waals surface area contributed by atoms with Crippen molar-refractivity contribution in [2.45, 2.75) is 64.3 Å². The second kappa shape index (κ2) is 7.75. The Morgan fingerprint density at radius 1 is 1.03 bits per heavy atom. The molecule has 2 heterocycles. The number of ether oxygens (including phenoxy) is 2. The van der Waals surface area contributed by atoms with Gasteiger partial charge >= 0.3 is 6.18 Å². The molecule has 1 aliphatic heterocycles. The fourth-order valence-electron chi connectivity index (χ4n) is 3.81. The fraction of sp³-hybridized carbons (Fsp3) is 0.435. The third kappa shape index (κ3) is 4.49. The van der Waals surface area contributed by atoms with Gasteiger partial charge in [-0.25, -0.2) is 4.98 Å². The molecule has 0 atom stereocenters. The summed E-state index contributed by atoms with van der Waals surface area (Å²) in [6, 6.07) is 8.16. The quantitative estimate of drug-likeness (QED) is 0.613. The Kier molecular flexibility index (Phi) is 5.73. The Balaban J connectivity index is 2.04. The van der Waals surface area contributed by atoms with Crippen LogP contribution in [0.2, 0.25) is 0 Å². The molecule has 0 bridgehead atoms. The van der Waals surface area contributed by atoms with Gasteiger partial charge in [-0.2, -0.15) is 13.2 Å². The average Bonchev–Trinajstić information content (AvgIpc) is 2.66. The molecule has 1 aromatic heterocycles. The zero-order valence-electron chi connectivity index (χ0n) is 18.0. The summed E-state index contributed by atoms with van der Waals surface area (Å²) >= 11 is 0. The molecule has 0 saturated carbocycles. The van der Waals surface area contributed by atoms with E-state index in [4.69, 9.17) is 9.47 Å². The number of benzene rings is 1. The molecular weight excluding hydrogens is 411 g/mol. The number of halogens is 3. The van der Waals surface area contributed by atoms with Crippen molar-refractivity contribution in [3.05, 3.63) is 53.2 Å². The monoisotopic (exact) mass is 435 g/mol. The van der Waals surface area contributed by atoms with E-state index in [0.717, 1.165) is 11.6 Å². The second-order valence-corrected chi connectivity index (χ2v) is 8.46. The van der Waals surface area contributed by atoms with Crippen molar-refractivity contribution in [3.63, 3.8) is 0 Å². The summed E-state index contributed by atoms with van der Waals surface area (Å²) in [6.07, 6.45) is -4.05. The van der Waals surface area contributed by atoms with Crippen molar-refractivity contribution in [2.75, 3.05) is 0 Å². The number of carbonyl (C=O) groups is 2. The molecule has 31 heavy (non-hydrogen) atoms. The second-order valence-electron chi connectivity index (χ2n) is 8.46. The van der Waals surface area contributed by atoms with Crippen LogP contribution in [-0.2, 0) is 26.9 Å². The van der Waals surface area contributed by atoms with Gasteiger partial charge in [-0.3, -0.25) is 9.59 Å². The molecule has 0 aliphatic carbocycles. The zero-order chi connectivity index (χ0) is 23.2. The van der Waals surface area contributed by atoms with Crippen LogP contribution in [0.25, 0.3) is 0 Å². The highest BCUT2D eigenvalue weighted by Crippen LogP contribution is 2.41. The molecule has 1 fully saturated rings. The lowest BCUT2D eigenvalue weighted by atomic mass is 9.73. The van der Waals surface area contributed by atoms with Crippen molar-refractivity contribution in [1.29, 1.82) is 0 Å². The summed E-state index contributed by atoms with van der Waals surface area (Å²) in [5.41, 5.74) is -2.19. The summed E-state index contributed by atoms with van der Waals surface area (Å²) in [6.45, 7) is 8.37. The van der Waals surface area contributed by atoms with Crippen molar-refractivity contribution in [1.82, 2.24) is 4.98 Å². The number of nitrogens with zero attached hydrogens (tertiary/aromatic N) is 1. The molecule has 1 saturated heterocycles.